The molecule has 1 aromatic rings. The Morgan fingerprint density at radius 2 is 2.05 bits per heavy atom. The molecule has 1 N–H and O–H groups in total. The largest absolute Gasteiger partial charge is 0.353 e. The number of hydrogen-bond acceptors (Lipinski definition) is 2. The fraction of sp³-hybridized carbons (Fsp3) is 0.812. The molecule has 0 aromatic carbocycles. The molecule has 0 amide bonds. The van der Waals surface area contributed by atoms with Crippen molar-refractivity contribution in [1.82, 2.24) is 9.55 Å². The third kappa shape index (κ3) is 3.99. The monoisotopic (exact) mass is 263 g/mol. The standard InChI is InChI=1S/C16H29N3/c1-5-6-11-19-12-13(2)17-15(19)18-14-7-9-16(3,4)10-8-14/h12,14H,5-11H2,1-4H3,(H,17,18). The van der Waals surface area contributed by atoms with Gasteiger partial charge in [-0.25, -0.2) is 4.98 Å². The molecule has 1 heterocycles. The van der Waals surface area contributed by atoms with Gasteiger partial charge >= 0.3 is 0 Å². The van der Waals surface area contributed by atoms with Crippen molar-refractivity contribution in [3.8, 4) is 0 Å². The quantitative estimate of drug-likeness (QED) is 0.854. The Morgan fingerprint density at radius 3 is 2.68 bits per heavy atom. The van der Waals surface area contributed by atoms with Gasteiger partial charge in [-0.1, -0.05) is 27.2 Å². The fourth-order valence-corrected chi connectivity index (χ4v) is 2.89. The lowest BCUT2D eigenvalue weighted by molar-refractivity contribution is 0.232. The first kappa shape index (κ1) is 14.4. The first-order valence-electron chi connectivity index (χ1n) is 7.80. The molecule has 3 nitrogen and oxygen atoms in total. The van der Waals surface area contributed by atoms with Crippen LogP contribution in [0, 0.1) is 12.3 Å². The highest BCUT2D eigenvalue weighted by Crippen LogP contribution is 2.36. The summed E-state index contributed by atoms with van der Waals surface area (Å²) in [6.45, 7) is 10.2. The highest BCUT2D eigenvalue weighted by Gasteiger charge is 2.27. The van der Waals surface area contributed by atoms with Crippen LogP contribution in [0.1, 0.15) is 65.0 Å². The van der Waals surface area contributed by atoms with E-state index in [1.54, 1.807) is 0 Å². The maximum atomic E-state index is 4.65. The number of anilines is 1. The molecule has 0 radical (unpaired) electrons. The molecule has 1 aliphatic carbocycles. The zero-order chi connectivity index (χ0) is 13.9. The smallest absolute Gasteiger partial charge is 0.203 e. The first-order valence-corrected chi connectivity index (χ1v) is 7.80. The lowest BCUT2D eigenvalue weighted by Crippen LogP contribution is -2.30. The molecule has 3 heteroatoms. The van der Waals surface area contributed by atoms with Gasteiger partial charge in [0.25, 0.3) is 0 Å². The average Bonchev–Trinajstić information content (AvgIpc) is 2.70. The molecular formula is C16H29N3. The van der Waals surface area contributed by atoms with Gasteiger partial charge < -0.3 is 9.88 Å². The minimum Gasteiger partial charge on any atom is -0.353 e. The lowest BCUT2D eigenvalue weighted by atomic mass is 9.76. The zero-order valence-electron chi connectivity index (χ0n) is 13.0. The summed E-state index contributed by atoms with van der Waals surface area (Å²) in [5, 5.41) is 3.67. The van der Waals surface area contributed by atoms with Crippen LogP contribution >= 0.6 is 0 Å². The van der Waals surface area contributed by atoms with Gasteiger partial charge in [-0.05, 0) is 44.4 Å². The number of unbranched alkanes of at least 4 members (excludes halogenated alkanes) is 1. The molecule has 1 aliphatic rings. The summed E-state index contributed by atoms with van der Waals surface area (Å²) in [5.74, 6) is 1.08. The van der Waals surface area contributed by atoms with Crippen LogP contribution in [0.4, 0.5) is 5.95 Å². The number of aromatic nitrogens is 2. The van der Waals surface area contributed by atoms with Gasteiger partial charge in [-0.2, -0.15) is 0 Å². The zero-order valence-corrected chi connectivity index (χ0v) is 13.0. The summed E-state index contributed by atoms with van der Waals surface area (Å²) in [6.07, 6.45) is 9.80. The van der Waals surface area contributed by atoms with E-state index in [0.29, 0.717) is 11.5 Å². The van der Waals surface area contributed by atoms with E-state index in [2.05, 4.69) is 48.8 Å². The van der Waals surface area contributed by atoms with Crippen molar-refractivity contribution >= 4 is 5.95 Å². The van der Waals surface area contributed by atoms with E-state index >= 15 is 0 Å². The van der Waals surface area contributed by atoms with Gasteiger partial charge in [0, 0.05) is 18.8 Å². The molecule has 0 atom stereocenters. The average molecular weight is 263 g/mol. The van der Waals surface area contributed by atoms with Crippen molar-refractivity contribution in [3.63, 3.8) is 0 Å². The fourth-order valence-electron chi connectivity index (χ4n) is 2.89. The predicted octanol–water partition coefficient (Wildman–Crippen LogP) is 4.37. The molecule has 2 rings (SSSR count). The number of aryl methyl sites for hydroxylation is 2. The van der Waals surface area contributed by atoms with Gasteiger partial charge in [-0.3, -0.25) is 0 Å². The maximum Gasteiger partial charge on any atom is 0.203 e. The van der Waals surface area contributed by atoms with E-state index in [1.165, 1.54) is 38.5 Å². The molecule has 0 aliphatic heterocycles. The van der Waals surface area contributed by atoms with Gasteiger partial charge in [0.15, 0.2) is 0 Å². The molecule has 1 saturated carbocycles. The molecule has 1 fully saturated rings. The Labute approximate surface area is 117 Å². The van der Waals surface area contributed by atoms with Gasteiger partial charge in [0.2, 0.25) is 5.95 Å². The van der Waals surface area contributed by atoms with E-state index in [1.807, 2.05) is 0 Å². The molecule has 19 heavy (non-hydrogen) atoms. The third-order valence-electron chi connectivity index (χ3n) is 4.32. The number of nitrogens with zero attached hydrogens (tertiary/aromatic N) is 2. The number of rotatable bonds is 5. The van der Waals surface area contributed by atoms with Crippen LogP contribution in [0.2, 0.25) is 0 Å². The number of imidazole rings is 1. The summed E-state index contributed by atoms with van der Waals surface area (Å²) in [6, 6.07) is 0.607. The van der Waals surface area contributed by atoms with Crippen LogP contribution in [0.5, 0.6) is 0 Å². The van der Waals surface area contributed by atoms with E-state index in [-0.39, 0.29) is 0 Å². The van der Waals surface area contributed by atoms with Crippen LogP contribution in [0.15, 0.2) is 6.20 Å². The molecule has 0 saturated heterocycles. The van der Waals surface area contributed by atoms with Crippen LogP contribution < -0.4 is 5.32 Å². The highest BCUT2D eigenvalue weighted by atomic mass is 15.2. The van der Waals surface area contributed by atoms with Gasteiger partial charge in [0.05, 0.1) is 5.69 Å². The van der Waals surface area contributed by atoms with E-state index in [9.17, 15) is 0 Å². The summed E-state index contributed by atoms with van der Waals surface area (Å²) in [7, 11) is 0. The van der Waals surface area contributed by atoms with E-state index in [0.717, 1.165) is 18.2 Å². The van der Waals surface area contributed by atoms with Crippen LogP contribution in [0.25, 0.3) is 0 Å². The summed E-state index contributed by atoms with van der Waals surface area (Å²) >= 11 is 0. The molecule has 0 unspecified atom stereocenters. The second-order valence-corrected chi connectivity index (χ2v) is 6.84. The van der Waals surface area contributed by atoms with Crippen molar-refractivity contribution in [2.75, 3.05) is 5.32 Å². The van der Waals surface area contributed by atoms with Crippen LogP contribution in [0.3, 0.4) is 0 Å². The highest BCUT2D eigenvalue weighted by molar-refractivity contribution is 5.30. The molecule has 1 aromatic heterocycles. The Morgan fingerprint density at radius 1 is 1.37 bits per heavy atom. The van der Waals surface area contributed by atoms with Gasteiger partial charge in [0.1, 0.15) is 0 Å². The van der Waals surface area contributed by atoms with E-state index in [4.69, 9.17) is 0 Å². The number of nitrogens with one attached hydrogen (secondary N) is 1. The topological polar surface area (TPSA) is 29.9 Å². The van der Waals surface area contributed by atoms with Crippen molar-refractivity contribution < 1.29 is 0 Å². The maximum absolute atomic E-state index is 4.65. The lowest BCUT2D eigenvalue weighted by Gasteiger charge is -2.34. The Kier molecular flexibility index (Phi) is 4.54. The Balaban J connectivity index is 1.95. The van der Waals surface area contributed by atoms with Crippen LogP contribution in [-0.2, 0) is 6.54 Å². The molecule has 0 spiro atoms. The predicted molar refractivity (Wildman–Crippen MR) is 81.5 cm³/mol. The second-order valence-electron chi connectivity index (χ2n) is 6.84. The Bertz CT molecular complexity index is 396. The summed E-state index contributed by atoms with van der Waals surface area (Å²) in [5.41, 5.74) is 1.65. The third-order valence-corrected chi connectivity index (χ3v) is 4.32. The van der Waals surface area contributed by atoms with Crippen molar-refractivity contribution in [3.05, 3.63) is 11.9 Å². The molecular weight excluding hydrogens is 234 g/mol. The first-order chi connectivity index (χ1) is 9.00. The summed E-state index contributed by atoms with van der Waals surface area (Å²) < 4.78 is 2.29. The van der Waals surface area contributed by atoms with Crippen molar-refractivity contribution in [2.45, 2.75) is 78.8 Å². The Hall–Kier alpha value is -0.990. The SMILES string of the molecule is CCCCn1cc(C)nc1NC1CCC(C)(C)CC1. The molecule has 108 valence electrons. The molecule has 0 bridgehead atoms. The minimum atomic E-state index is 0.533. The van der Waals surface area contributed by atoms with Gasteiger partial charge in [-0.15, -0.1) is 0 Å². The number of hydrogen-bond donors (Lipinski definition) is 1. The van der Waals surface area contributed by atoms with Crippen molar-refractivity contribution in [1.29, 1.82) is 0 Å². The summed E-state index contributed by atoms with van der Waals surface area (Å²) in [4.78, 5) is 4.65. The normalized spacial score (nSPS) is 19.6. The van der Waals surface area contributed by atoms with Crippen molar-refractivity contribution in [2.24, 2.45) is 5.41 Å². The van der Waals surface area contributed by atoms with E-state index < -0.39 is 0 Å². The van der Waals surface area contributed by atoms with Crippen LogP contribution in [-0.4, -0.2) is 15.6 Å². The second kappa shape index (κ2) is 5.98. The minimum absolute atomic E-state index is 0.533.